The lowest BCUT2D eigenvalue weighted by Crippen LogP contribution is -2.43. The summed E-state index contributed by atoms with van der Waals surface area (Å²) in [6.45, 7) is 8.32. The first-order chi connectivity index (χ1) is 11.7. The average molecular weight is 335 g/mol. The molecule has 6 heteroatoms. The number of hydrogen-bond acceptors (Lipinski definition) is 4. The van der Waals surface area contributed by atoms with Gasteiger partial charge in [-0.2, -0.15) is 0 Å². The molecule has 6 nitrogen and oxygen atoms in total. The average Bonchev–Trinajstić information content (AvgIpc) is 3.05. The monoisotopic (exact) mass is 335 g/mol. The highest BCUT2D eigenvalue weighted by Crippen LogP contribution is 2.22. The van der Waals surface area contributed by atoms with Gasteiger partial charge in [0.1, 0.15) is 0 Å². The van der Waals surface area contributed by atoms with Crippen LogP contribution in [0.15, 0.2) is 15.6 Å². The molecule has 2 heterocycles. The Labute approximate surface area is 146 Å². The zero-order chi connectivity index (χ0) is 17.4. The number of likely N-dealkylation sites (tertiary alicyclic amines) is 1. The number of nitrogens with one attached hydrogen (secondary N) is 2. The highest BCUT2D eigenvalue weighted by atomic mass is 16.5. The van der Waals surface area contributed by atoms with Crippen molar-refractivity contribution in [3.8, 4) is 0 Å². The smallest absolute Gasteiger partial charge is 0.191 e. The molecule has 0 aromatic carbocycles. The van der Waals surface area contributed by atoms with Crippen LogP contribution in [0.1, 0.15) is 56.9 Å². The van der Waals surface area contributed by atoms with Gasteiger partial charge >= 0.3 is 0 Å². The maximum Gasteiger partial charge on any atom is 0.191 e. The van der Waals surface area contributed by atoms with Crippen molar-refractivity contribution in [2.45, 2.75) is 52.0 Å². The lowest BCUT2D eigenvalue weighted by Gasteiger charge is -2.30. The van der Waals surface area contributed by atoms with Gasteiger partial charge in [-0.1, -0.05) is 19.0 Å². The van der Waals surface area contributed by atoms with E-state index in [0.29, 0.717) is 18.4 Å². The van der Waals surface area contributed by atoms with Crippen LogP contribution >= 0.6 is 0 Å². The molecule has 0 radical (unpaired) electrons. The minimum Gasteiger partial charge on any atom is -0.359 e. The third kappa shape index (κ3) is 5.51. The molecule has 136 valence electrons. The highest BCUT2D eigenvalue weighted by Gasteiger charge is 2.17. The van der Waals surface area contributed by atoms with Crippen molar-refractivity contribution in [3.05, 3.63) is 17.5 Å². The van der Waals surface area contributed by atoms with E-state index in [1.165, 1.54) is 19.4 Å². The molecule has 1 unspecified atom stereocenters. The SMILES string of the molecule is CCC(CC)c1cc(CNC(=NC)NCC2CCCN(C)C2)on1. The number of aliphatic imine (C=N–C) groups is 1. The molecule has 0 bridgehead atoms. The van der Waals surface area contributed by atoms with Gasteiger partial charge < -0.3 is 20.1 Å². The van der Waals surface area contributed by atoms with E-state index < -0.39 is 0 Å². The summed E-state index contributed by atoms with van der Waals surface area (Å²) < 4.78 is 5.45. The van der Waals surface area contributed by atoms with Crippen LogP contribution in [-0.2, 0) is 6.54 Å². The van der Waals surface area contributed by atoms with Crippen molar-refractivity contribution in [3.63, 3.8) is 0 Å². The van der Waals surface area contributed by atoms with E-state index in [2.05, 4.69) is 52.6 Å². The zero-order valence-corrected chi connectivity index (χ0v) is 15.6. The third-order valence-electron chi connectivity index (χ3n) is 4.91. The zero-order valence-electron chi connectivity index (χ0n) is 15.6. The Balaban J connectivity index is 1.77. The maximum atomic E-state index is 5.45. The fraction of sp³-hybridized carbons (Fsp3) is 0.778. The molecule has 1 atom stereocenters. The van der Waals surface area contributed by atoms with Gasteiger partial charge in [-0.3, -0.25) is 4.99 Å². The van der Waals surface area contributed by atoms with Crippen molar-refractivity contribution in [1.29, 1.82) is 0 Å². The molecule has 1 fully saturated rings. The van der Waals surface area contributed by atoms with E-state index >= 15 is 0 Å². The summed E-state index contributed by atoms with van der Waals surface area (Å²) in [7, 11) is 4.00. The second kappa shape index (κ2) is 9.67. The summed E-state index contributed by atoms with van der Waals surface area (Å²) in [6, 6.07) is 2.06. The van der Waals surface area contributed by atoms with E-state index in [0.717, 1.165) is 43.3 Å². The maximum absolute atomic E-state index is 5.45. The molecule has 0 aliphatic carbocycles. The molecule has 1 saturated heterocycles. The summed E-state index contributed by atoms with van der Waals surface area (Å²) in [5, 5.41) is 11.0. The van der Waals surface area contributed by atoms with Gasteiger partial charge in [0.25, 0.3) is 0 Å². The summed E-state index contributed by atoms with van der Waals surface area (Å²) in [6.07, 6.45) is 4.75. The summed E-state index contributed by atoms with van der Waals surface area (Å²) in [5.41, 5.74) is 1.06. The van der Waals surface area contributed by atoms with Gasteiger partial charge in [0, 0.05) is 32.1 Å². The number of nitrogens with zero attached hydrogens (tertiary/aromatic N) is 3. The summed E-state index contributed by atoms with van der Waals surface area (Å²) in [4.78, 5) is 6.70. The van der Waals surface area contributed by atoms with Crippen LogP contribution in [-0.4, -0.2) is 49.7 Å². The number of hydrogen-bond donors (Lipinski definition) is 2. The molecule has 24 heavy (non-hydrogen) atoms. The predicted octanol–water partition coefficient (Wildman–Crippen LogP) is 2.59. The molecule has 1 aromatic rings. The van der Waals surface area contributed by atoms with Gasteiger partial charge in [0.15, 0.2) is 11.7 Å². The fourth-order valence-electron chi connectivity index (χ4n) is 3.38. The first kappa shape index (κ1) is 18.8. The van der Waals surface area contributed by atoms with Crippen LogP contribution in [0.2, 0.25) is 0 Å². The Morgan fingerprint density at radius 3 is 2.88 bits per heavy atom. The first-order valence-electron chi connectivity index (χ1n) is 9.24. The van der Waals surface area contributed by atoms with Gasteiger partial charge in [-0.15, -0.1) is 0 Å². The summed E-state index contributed by atoms with van der Waals surface area (Å²) in [5.74, 6) is 2.86. The Morgan fingerprint density at radius 2 is 2.21 bits per heavy atom. The van der Waals surface area contributed by atoms with Gasteiger partial charge in [0.2, 0.25) is 0 Å². The second-order valence-corrected chi connectivity index (χ2v) is 6.81. The minimum atomic E-state index is 0.489. The van der Waals surface area contributed by atoms with Gasteiger partial charge in [0.05, 0.1) is 12.2 Å². The predicted molar refractivity (Wildman–Crippen MR) is 98.2 cm³/mol. The molecule has 2 N–H and O–H groups in total. The van der Waals surface area contributed by atoms with Crippen molar-refractivity contribution in [2.24, 2.45) is 10.9 Å². The fourth-order valence-corrected chi connectivity index (χ4v) is 3.38. The Morgan fingerprint density at radius 1 is 1.42 bits per heavy atom. The normalized spacial score (nSPS) is 19.7. The molecule has 0 saturated carbocycles. The Bertz CT molecular complexity index is 509. The first-order valence-corrected chi connectivity index (χ1v) is 9.24. The molecule has 1 aliphatic heterocycles. The Hall–Kier alpha value is -1.56. The number of aromatic nitrogens is 1. The molecule has 2 rings (SSSR count). The van der Waals surface area contributed by atoms with Gasteiger partial charge in [-0.05, 0) is 45.2 Å². The highest BCUT2D eigenvalue weighted by molar-refractivity contribution is 5.79. The van der Waals surface area contributed by atoms with Crippen molar-refractivity contribution in [1.82, 2.24) is 20.7 Å². The van der Waals surface area contributed by atoms with Crippen LogP contribution < -0.4 is 10.6 Å². The van der Waals surface area contributed by atoms with Crippen LogP contribution in [0.5, 0.6) is 0 Å². The Kier molecular flexibility index (Phi) is 7.56. The van der Waals surface area contributed by atoms with Crippen molar-refractivity contribution >= 4 is 5.96 Å². The van der Waals surface area contributed by atoms with Crippen LogP contribution in [0.4, 0.5) is 0 Å². The largest absolute Gasteiger partial charge is 0.359 e. The molecule has 1 aliphatic rings. The molecular formula is C18H33N5O. The van der Waals surface area contributed by atoms with Crippen LogP contribution in [0, 0.1) is 5.92 Å². The molecule has 0 amide bonds. The lowest BCUT2D eigenvalue weighted by molar-refractivity contribution is 0.210. The van der Waals surface area contributed by atoms with E-state index in [-0.39, 0.29) is 0 Å². The number of rotatable bonds is 7. The van der Waals surface area contributed by atoms with Gasteiger partial charge in [-0.25, -0.2) is 0 Å². The number of guanidine groups is 1. The van der Waals surface area contributed by atoms with E-state index in [4.69, 9.17) is 4.52 Å². The molecule has 1 aromatic heterocycles. The van der Waals surface area contributed by atoms with Crippen molar-refractivity contribution in [2.75, 3.05) is 33.7 Å². The quantitative estimate of drug-likeness (QED) is 0.592. The molecule has 0 spiro atoms. The van der Waals surface area contributed by atoms with Crippen molar-refractivity contribution < 1.29 is 4.52 Å². The third-order valence-corrected chi connectivity index (χ3v) is 4.91. The lowest BCUT2D eigenvalue weighted by atomic mass is 9.99. The topological polar surface area (TPSA) is 65.7 Å². The molecular weight excluding hydrogens is 302 g/mol. The number of piperidine rings is 1. The van der Waals surface area contributed by atoms with E-state index in [1.807, 2.05) is 0 Å². The van der Waals surface area contributed by atoms with E-state index in [9.17, 15) is 0 Å². The second-order valence-electron chi connectivity index (χ2n) is 6.81. The summed E-state index contributed by atoms with van der Waals surface area (Å²) >= 11 is 0. The van der Waals surface area contributed by atoms with Crippen LogP contribution in [0.3, 0.4) is 0 Å². The van der Waals surface area contributed by atoms with E-state index in [1.54, 1.807) is 7.05 Å². The minimum absolute atomic E-state index is 0.489. The standard InChI is InChI=1S/C18H33N5O/c1-5-15(6-2)17-10-16(24-22-17)12-21-18(19-3)20-11-14-8-7-9-23(4)13-14/h10,14-15H,5-9,11-13H2,1-4H3,(H2,19,20,21). The van der Waals surface area contributed by atoms with Crippen LogP contribution in [0.25, 0.3) is 0 Å².